The van der Waals surface area contributed by atoms with E-state index >= 15 is 0 Å². The fourth-order valence-electron chi connectivity index (χ4n) is 4.63. The molecule has 0 unspecified atom stereocenters. The molecule has 1 fully saturated rings. The lowest BCUT2D eigenvalue weighted by molar-refractivity contribution is 0.0594. The van der Waals surface area contributed by atoms with Crippen LogP contribution in [0.25, 0.3) is 11.1 Å². The van der Waals surface area contributed by atoms with Crippen LogP contribution in [0.15, 0.2) is 65.7 Å². The van der Waals surface area contributed by atoms with Gasteiger partial charge in [-0.15, -0.1) is 0 Å². The molecule has 1 amide bonds. The molecular formula is C23H20FN3O2. The molecule has 4 heterocycles. The second kappa shape index (κ2) is 6.95. The molecular weight excluding hydrogens is 369 g/mol. The Morgan fingerprint density at radius 2 is 1.86 bits per heavy atom. The SMILES string of the molecule is O=C(c1ccc(F)cc1)N1C[C@@H]2C[C@H](C1)c1ccc(-c3cccnc3)c(=O)n1C2. The van der Waals surface area contributed by atoms with E-state index in [0.29, 0.717) is 30.8 Å². The Morgan fingerprint density at radius 3 is 2.62 bits per heavy atom. The van der Waals surface area contributed by atoms with Crippen LogP contribution in [0.2, 0.25) is 0 Å². The highest BCUT2D eigenvalue weighted by atomic mass is 19.1. The molecule has 5 rings (SSSR count). The summed E-state index contributed by atoms with van der Waals surface area (Å²) in [7, 11) is 0. The van der Waals surface area contributed by atoms with Crippen LogP contribution in [0.5, 0.6) is 0 Å². The summed E-state index contributed by atoms with van der Waals surface area (Å²) < 4.78 is 15.1. The Morgan fingerprint density at radius 1 is 1.03 bits per heavy atom. The topological polar surface area (TPSA) is 55.2 Å². The third-order valence-corrected chi connectivity index (χ3v) is 5.96. The molecule has 3 aromatic rings. The van der Waals surface area contributed by atoms with Crippen molar-refractivity contribution in [3.05, 3.63) is 88.4 Å². The largest absolute Gasteiger partial charge is 0.338 e. The number of halogens is 1. The Kier molecular flexibility index (Phi) is 4.27. The number of benzene rings is 1. The standard InChI is InChI=1S/C23H20FN3O2/c24-19-5-3-16(4-6-19)22(28)26-12-15-10-18(14-26)21-8-7-20(23(29)27(21)13-15)17-2-1-9-25-11-17/h1-9,11,15,18H,10,12-14H2/t15-,18+/m0/s1. The monoisotopic (exact) mass is 389 g/mol. The summed E-state index contributed by atoms with van der Waals surface area (Å²) in [6, 6.07) is 13.3. The van der Waals surface area contributed by atoms with Crippen LogP contribution in [0.1, 0.15) is 28.4 Å². The number of fused-ring (bicyclic) bond motifs is 4. The van der Waals surface area contributed by atoms with E-state index in [1.165, 1.54) is 24.3 Å². The van der Waals surface area contributed by atoms with Gasteiger partial charge in [-0.25, -0.2) is 4.39 Å². The van der Waals surface area contributed by atoms with Gasteiger partial charge in [-0.1, -0.05) is 6.07 Å². The van der Waals surface area contributed by atoms with E-state index in [9.17, 15) is 14.0 Å². The molecule has 146 valence electrons. The van der Waals surface area contributed by atoms with Gasteiger partial charge in [-0.3, -0.25) is 14.6 Å². The van der Waals surface area contributed by atoms with Gasteiger partial charge < -0.3 is 9.47 Å². The highest BCUT2D eigenvalue weighted by molar-refractivity contribution is 5.94. The van der Waals surface area contributed by atoms with Crippen LogP contribution in [-0.4, -0.2) is 33.4 Å². The molecule has 2 atom stereocenters. The smallest absolute Gasteiger partial charge is 0.258 e. The van der Waals surface area contributed by atoms with Crippen molar-refractivity contribution in [2.24, 2.45) is 5.92 Å². The molecule has 2 aliphatic heterocycles. The van der Waals surface area contributed by atoms with E-state index in [4.69, 9.17) is 0 Å². The molecule has 0 spiro atoms. The summed E-state index contributed by atoms with van der Waals surface area (Å²) in [5.74, 6) is -0.0766. The maximum Gasteiger partial charge on any atom is 0.258 e. The average Bonchev–Trinajstić information content (AvgIpc) is 2.75. The molecule has 0 N–H and O–H groups in total. The first kappa shape index (κ1) is 17.8. The quantitative estimate of drug-likeness (QED) is 0.676. The molecule has 6 heteroatoms. The lowest BCUT2D eigenvalue weighted by Crippen LogP contribution is -2.49. The van der Waals surface area contributed by atoms with Crippen LogP contribution in [-0.2, 0) is 6.54 Å². The molecule has 1 aromatic carbocycles. The summed E-state index contributed by atoms with van der Waals surface area (Å²) in [6.45, 7) is 1.78. The zero-order chi connectivity index (χ0) is 20.0. The van der Waals surface area contributed by atoms with E-state index in [2.05, 4.69) is 4.98 Å². The molecule has 5 nitrogen and oxygen atoms in total. The summed E-state index contributed by atoms with van der Waals surface area (Å²) in [5.41, 5.74) is 2.95. The number of carbonyl (C=O) groups is 1. The summed E-state index contributed by atoms with van der Waals surface area (Å²) in [5, 5.41) is 0. The number of hydrogen-bond donors (Lipinski definition) is 0. The van der Waals surface area contributed by atoms with E-state index in [0.717, 1.165) is 17.7 Å². The first-order valence-electron chi connectivity index (χ1n) is 9.79. The van der Waals surface area contributed by atoms with Gasteiger partial charge in [0.2, 0.25) is 0 Å². The lowest BCUT2D eigenvalue weighted by Gasteiger charge is -2.43. The molecule has 2 aromatic heterocycles. The van der Waals surface area contributed by atoms with E-state index in [-0.39, 0.29) is 29.1 Å². The second-order valence-corrected chi connectivity index (χ2v) is 7.85. The highest BCUT2D eigenvalue weighted by Crippen LogP contribution is 2.36. The van der Waals surface area contributed by atoms with E-state index in [1.54, 1.807) is 12.4 Å². The molecule has 2 bridgehead atoms. The minimum atomic E-state index is -0.352. The van der Waals surface area contributed by atoms with Gasteiger partial charge in [0.25, 0.3) is 11.5 Å². The summed E-state index contributed by atoms with van der Waals surface area (Å²) in [6.07, 6.45) is 4.37. The number of carbonyl (C=O) groups excluding carboxylic acids is 1. The molecule has 2 aliphatic rings. The Balaban J connectivity index is 1.45. The number of hydrogen-bond acceptors (Lipinski definition) is 3. The zero-order valence-corrected chi connectivity index (χ0v) is 15.8. The minimum Gasteiger partial charge on any atom is -0.338 e. The van der Waals surface area contributed by atoms with Gasteiger partial charge in [-0.05, 0) is 54.8 Å². The number of rotatable bonds is 2. The predicted octanol–water partition coefficient (Wildman–Crippen LogP) is 3.31. The van der Waals surface area contributed by atoms with Crippen LogP contribution in [0.3, 0.4) is 0 Å². The third-order valence-electron chi connectivity index (χ3n) is 5.96. The number of likely N-dealkylation sites (tertiary alicyclic amines) is 1. The number of nitrogens with zero attached hydrogens (tertiary/aromatic N) is 3. The van der Waals surface area contributed by atoms with Gasteiger partial charge in [-0.2, -0.15) is 0 Å². The number of aromatic nitrogens is 2. The van der Waals surface area contributed by atoms with Crippen molar-refractivity contribution in [1.82, 2.24) is 14.5 Å². The molecule has 0 aliphatic carbocycles. The predicted molar refractivity (Wildman–Crippen MR) is 107 cm³/mol. The molecule has 0 saturated carbocycles. The number of pyridine rings is 2. The van der Waals surface area contributed by atoms with Gasteiger partial charge in [0.05, 0.1) is 0 Å². The first-order chi connectivity index (χ1) is 14.1. The van der Waals surface area contributed by atoms with Crippen LogP contribution in [0, 0.1) is 11.7 Å². The first-order valence-corrected chi connectivity index (χ1v) is 9.79. The van der Waals surface area contributed by atoms with Crippen molar-refractivity contribution in [1.29, 1.82) is 0 Å². The third kappa shape index (κ3) is 3.14. The zero-order valence-electron chi connectivity index (χ0n) is 15.8. The van der Waals surface area contributed by atoms with Crippen molar-refractivity contribution in [3.63, 3.8) is 0 Å². The van der Waals surface area contributed by atoms with Crippen LogP contribution in [0.4, 0.5) is 4.39 Å². The maximum absolute atomic E-state index is 13.2. The van der Waals surface area contributed by atoms with Crippen molar-refractivity contribution >= 4 is 5.91 Å². The highest BCUT2D eigenvalue weighted by Gasteiger charge is 2.37. The van der Waals surface area contributed by atoms with Gasteiger partial charge >= 0.3 is 0 Å². The maximum atomic E-state index is 13.2. The number of piperidine rings is 1. The normalized spacial score (nSPS) is 20.2. The summed E-state index contributed by atoms with van der Waals surface area (Å²) in [4.78, 5) is 32.0. The van der Waals surface area contributed by atoms with Crippen molar-refractivity contribution in [2.75, 3.05) is 13.1 Å². The Bertz CT molecular complexity index is 1130. The fraction of sp³-hybridized carbons (Fsp3) is 0.261. The summed E-state index contributed by atoms with van der Waals surface area (Å²) >= 11 is 0. The van der Waals surface area contributed by atoms with Crippen molar-refractivity contribution in [2.45, 2.75) is 18.9 Å². The Labute approximate surface area is 167 Å². The van der Waals surface area contributed by atoms with Crippen molar-refractivity contribution in [3.8, 4) is 11.1 Å². The lowest BCUT2D eigenvalue weighted by atomic mass is 9.82. The number of amides is 1. The van der Waals surface area contributed by atoms with E-state index in [1.807, 2.05) is 33.7 Å². The second-order valence-electron chi connectivity index (χ2n) is 7.85. The molecule has 1 saturated heterocycles. The van der Waals surface area contributed by atoms with Gasteiger partial charge in [0.15, 0.2) is 0 Å². The average molecular weight is 389 g/mol. The minimum absolute atomic E-state index is 0.00325. The molecule has 0 radical (unpaired) electrons. The van der Waals surface area contributed by atoms with Crippen LogP contribution < -0.4 is 5.56 Å². The molecule has 29 heavy (non-hydrogen) atoms. The van der Waals surface area contributed by atoms with Gasteiger partial charge in [0.1, 0.15) is 5.82 Å². The van der Waals surface area contributed by atoms with Crippen molar-refractivity contribution < 1.29 is 9.18 Å². The fourth-order valence-corrected chi connectivity index (χ4v) is 4.63. The van der Waals surface area contributed by atoms with E-state index < -0.39 is 0 Å². The van der Waals surface area contributed by atoms with Gasteiger partial charge in [0, 0.05) is 60.3 Å². The van der Waals surface area contributed by atoms with Crippen LogP contribution >= 0.6 is 0 Å². The Hall–Kier alpha value is -3.28.